The van der Waals surface area contributed by atoms with E-state index in [1.54, 1.807) is 12.4 Å². The van der Waals surface area contributed by atoms with Crippen LogP contribution in [0.2, 0.25) is 5.15 Å². The van der Waals surface area contributed by atoms with Crippen molar-refractivity contribution in [3.8, 4) is 0 Å². The van der Waals surface area contributed by atoms with Gasteiger partial charge in [0, 0.05) is 32.6 Å². The van der Waals surface area contributed by atoms with E-state index in [2.05, 4.69) is 9.97 Å². The summed E-state index contributed by atoms with van der Waals surface area (Å²) in [6.45, 7) is 1.69. The first-order chi connectivity index (χ1) is 7.77. The molecule has 1 unspecified atom stereocenters. The number of ether oxygens (including phenoxy) is 1. The second-order valence-electron chi connectivity index (χ2n) is 4.04. The predicted octanol–water partition coefficient (Wildman–Crippen LogP) is 2.14. The van der Waals surface area contributed by atoms with Crippen molar-refractivity contribution in [2.75, 3.05) is 25.1 Å². The smallest absolute Gasteiger partial charge is 0.171 e. The Morgan fingerprint density at radius 1 is 1.44 bits per heavy atom. The lowest BCUT2D eigenvalue weighted by Gasteiger charge is -2.28. The van der Waals surface area contributed by atoms with Crippen molar-refractivity contribution >= 4 is 17.4 Å². The third kappa shape index (κ3) is 2.83. The van der Waals surface area contributed by atoms with E-state index in [-0.39, 0.29) is 6.10 Å². The Balaban J connectivity index is 1.96. The van der Waals surface area contributed by atoms with Crippen LogP contribution in [0, 0.1) is 0 Å². The molecule has 16 heavy (non-hydrogen) atoms. The summed E-state index contributed by atoms with van der Waals surface area (Å²) in [7, 11) is 1.97. The number of rotatable bonds is 3. The Bertz CT molecular complexity index is 342. The molecule has 5 heteroatoms. The van der Waals surface area contributed by atoms with Crippen LogP contribution in [-0.2, 0) is 4.74 Å². The molecule has 1 aromatic rings. The summed E-state index contributed by atoms with van der Waals surface area (Å²) < 4.78 is 5.68. The standard InChI is InChI=1S/C11H16ClN3O/c1-15(8-9-4-2-3-7-16-9)11-10(12)13-5-6-14-11/h5-6,9H,2-4,7-8H2,1H3. The fourth-order valence-electron chi connectivity index (χ4n) is 1.91. The van der Waals surface area contributed by atoms with Gasteiger partial charge in [-0.2, -0.15) is 0 Å². The zero-order valence-corrected chi connectivity index (χ0v) is 10.2. The van der Waals surface area contributed by atoms with Crippen LogP contribution < -0.4 is 4.90 Å². The third-order valence-corrected chi connectivity index (χ3v) is 3.02. The average Bonchev–Trinajstić information content (AvgIpc) is 2.31. The van der Waals surface area contributed by atoms with Crippen LogP contribution in [0.4, 0.5) is 5.82 Å². The zero-order valence-electron chi connectivity index (χ0n) is 9.40. The lowest BCUT2D eigenvalue weighted by atomic mass is 10.1. The van der Waals surface area contributed by atoms with Gasteiger partial charge in [-0.1, -0.05) is 11.6 Å². The van der Waals surface area contributed by atoms with E-state index in [1.807, 2.05) is 11.9 Å². The molecule has 0 aromatic carbocycles. The summed E-state index contributed by atoms with van der Waals surface area (Å²) >= 11 is 5.98. The van der Waals surface area contributed by atoms with E-state index in [0.29, 0.717) is 5.15 Å². The van der Waals surface area contributed by atoms with Crippen molar-refractivity contribution in [1.29, 1.82) is 0 Å². The molecule has 0 aliphatic carbocycles. The molecule has 0 N–H and O–H groups in total. The van der Waals surface area contributed by atoms with Crippen LogP contribution in [0.3, 0.4) is 0 Å². The van der Waals surface area contributed by atoms with Crippen molar-refractivity contribution < 1.29 is 4.74 Å². The third-order valence-electron chi connectivity index (χ3n) is 2.75. The van der Waals surface area contributed by atoms with Crippen LogP contribution in [0.15, 0.2) is 12.4 Å². The molecule has 4 nitrogen and oxygen atoms in total. The second kappa shape index (κ2) is 5.46. The summed E-state index contributed by atoms with van der Waals surface area (Å²) in [4.78, 5) is 10.2. The van der Waals surface area contributed by atoms with Gasteiger partial charge in [-0.05, 0) is 19.3 Å². The van der Waals surface area contributed by atoms with Crippen molar-refractivity contribution in [1.82, 2.24) is 9.97 Å². The molecule has 0 radical (unpaired) electrons. The van der Waals surface area contributed by atoms with E-state index in [9.17, 15) is 0 Å². The van der Waals surface area contributed by atoms with Crippen molar-refractivity contribution in [3.05, 3.63) is 17.5 Å². The number of aromatic nitrogens is 2. The van der Waals surface area contributed by atoms with Crippen molar-refractivity contribution in [3.63, 3.8) is 0 Å². The Kier molecular flexibility index (Phi) is 3.96. The normalized spacial score (nSPS) is 20.8. The van der Waals surface area contributed by atoms with Crippen LogP contribution >= 0.6 is 11.6 Å². The average molecular weight is 242 g/mol. The second-order valence-corrected chi connectivity index (χ2v) is 4.40. The maximum absolute atomic E-state index is 5.98. The van der Waals surface area contributed by atoms with E-state index >= 15 is 0 Å². The number of likely N-dealkylation sites (N-methyl/N-ethyl adjacent to an activating group) is 1. The van der Waals surface area contributed by atoms with E-state index < -0.39 is 0 Å². The zero-order chi connectivity index (χ0) is 11.4. The van der Waals surface area contributed by atoms with Gasteiger partial charge in [0.1, 0.15) is 0 Å². The van der Waals surface area contributed by atoms with Crippen LogP contribution in [-0.4, -0.2) is 36.3 Å². The van der Waals surface area contributed by atoms with Gasteiger partial charge in [0.2, 0.25) is 0 Å². The minimum atomic E-state index is 0.289. The maximum atomic E-state index is 5.98. The highest BCUT2D eigenvalue weighted by Crippen LogP contribution is 2.21. The molecular formula is C11H16ClN3O. The van der Waals surface area contributed by atoms with Crippen LogP contribution in [0.5, 0.6) is 0 Å². The quantitative estimate of drug-likeness (QED) is 0.813. The Morgan fingerprint density at radius 2 is 2.25 bits per heavy atom. The highest BCUT2D eigenvalue weighted by Gasteiger charge is 2.18. The minimum absolute atomic E-state index is 0.289. The highest BCUT2D eigenvalue weighted by molar-refractivity contribution is 6.31. The number of hydrogen-bond donors (Lipinski definition) is 0. The summed E-state index contributed by atoms with van der Waals surface area (Å²) in [6, 6.07) is 0. The molecule has 0 spiro atoms. The number of nitrogens with zero attached hydrogens (tertiary/aromatic N) is 3. The molecule has 0 amide bonds. The van der Waals surface area contributed by atoms with E-state index in [0.717, 1.165) is 25.4 Å². The monoisotopic (exact) mass is 241 g/mol. The molecule has 1 atom stereocenters. The minimum Gasteiger partial charge on any atom is -0.376 e. The first kappa shape index (κ1) is 11.6. The molecule has 1 saturated heterocycles. The van der Waals surface area contributed by atoms with Gasteiger partial charge >= 0.3 is 0 Å². The Morgan fingerprint density at radius 3 is 2.94 bits per heavy atom. The Hall–Kier alpha value is -0.870. The Labute approximate surface area is 101 Å². The van der Waals surface area contributed by atoms with Gasteiger partial charge in [0.15, 0.2) is 11.0 Å². The van der Waals surface area contributed by atoms with Crippen LogP contribution in [0.25, 0.3) is 0 Å². The first-order valence-corrected chi connectivity index (χ1v) is 5.94. The molecule has 1 aliphatic heterocycles. The largest absolute Gasteiger partial charge is 0.376 e. The summed E-state index contributed by atoms with van der Waals surface area (Å²) in [5.41, 5.74) is 0. The SMILES string of the molecule is CN(CC1CCCCO1)c1nccnc1Cl. The first-order valence-electron chi connectivity index (χ1n) is 5.56. The fourth-order valence-corrected chi connectivity index (χ4v) is 2.16. The molecular weight excluding hydrogens is 226 g/mol. The van der Waals surface area contributed by atoms with Gasteiger partial charge in [0.25, 0.3) is 0 Å². The van der Waals surface area contributed by atoms with Gasteiger partial charge in [-0.3, -0.25) is 0 Å². The topological polar surface area (TPSA) is 38.2 Å². The number of hydrogen-bond acceptors (Lipinski definition) is 4. The van der Waals surface area contributed by atoms with Crippen LogP contribution in [0.1, 0.15) is 19.3 Å². The molecule has 1 aliphatic rings. The number of halogens is 1. The summed E-state index contributed by atoms with van der Waals surface area (Å²) in [5, 5.41) is 0.445. The van der Waals surface area contributed by atoms with Crippen molar-refractivity contribution in [2.24, 2.45) is 0 Å². The van der Waals surface area contributed by atoms with Gasteiger partial charge in [-0.15, -0.1) is 0 Å². The van der Waals surface area contributed by atoms with Crippen molar-refractivity contribution in [2.45, 2.75) is 25.4 Å². The lowest BCUT2D eigenvalue weighted by molar-refractivity contribution is 0.0215. The number of anilines is 1. The predicted molar refractivity (Wildman–Crippen MR) is 63.9 cm³/mol. The van der Waals surface area contributed by atoms with E-state index in [1.165, 1.54) is 12.8 Å². The lowest BCUT2D eigenvalue weighted by Crippen LogP contribution is -2.34. The molecule has 1 aromatic heterocycles. The van der Waals surface area contributed by atoms with Gasteiger partial charge < -0.3 is 9.64 Å². The highest BCUT2D eigenvalue weighted by atomic mass is 35.5. The molecule has 88 valence electrons. The molecule has 2 rings (SSSR count). The molecule has 1 fully saturated rings. The molecule has 0 saturated carbocycles. The molecule has 0 bridgehead atoms. The van der Waals surface area contributed by atoms with E-state index in [4.69, 9.17) is 16.3 Å². The molecule has 2 heterocycles. The maximum Gasteiger partial charge on any atom is 0.171 e. The summed E-state index contributed by atoms with van der Waals surface area (Å²) in [6.07, 6.45) is 7.06. The fraction of sp³-hybridized carbons (Fsp3) is 0.636. The summed E-state index contributed by atoms with van der Waals surface area (Å²) in [5.74, 6) is 0.721. The van der Waals surface area contributed by atoms with Gasteiger partial charge in [0.05, 0.1) is 6.10 Å². The van der Waals surface area contributed by atoms with Gasteiger partial charge in [-0.25, -0.2) is 9.97 Å².